The predicted molar refractivity (Wildman–Crippen MR) is 58.2 cm³/mol. The highest BCUT2D eigenvalue weighted by atomic mass is 15.0. The second-order valence-corrected chi connectivity index (χ2v) is 3.67. The maximum Gasteiger partial charge on any atom is 0.0947 e. The molecule has 2 aromatic rings. The van der Waals surface area contributed by atoms with E-state index in [4.69, 9.17) is 5.73 Å². The van der Waals surface area contributed by atoms with Crippen LogP contribution in [0.1, 0.15) is 22.9 Å². The SMILES string of the molecule is Cc1ccncc1C(N)c1cn(C)cn1. The monoisotopic (exact) mass is 202 g/mol. The van der Waals surface area contributed by atoms with Crippen LogP contribution in [0.25, 0.3) is 0 Å². The Balaban J connectivity index is 2.36. The zero-order valence-corrected chi connectivity index (χ0v) is 8.88. The first-order chi connectivity index (χ1) is 7.18. The summed E-state index contributed by atoms with van der Waals surface area (Å²) in [4.78, 5) is 8.33. The zero-order valence-electron chi connectivity index (χ0n) is 8.88. The molecule has 0 spiro atoms. The molecule has 0 aliphatic rings. The Labute approximate surface area is 88.8 Å². The van der Waals surface area contributed by atoms with E-state index in [1.165, 1.54) is 0 Å². The van der Waals surface area contributed by atoms with E-state index in [2.05, 4.69) is 9.97 Å². The van der Waals surface area contributed by atoms with Gasteiger partial charge in [0.25, 0.3) is 0 Å². The molecule has 2 heterocycles. The number of rotatable bonds is 2. The molecule has 2 aromatic heterocycles. The molecule has 0 fully saturated rings. The average molecular weight is 202 g/mol. The van der Waals surface area contributed by atoms with Gasteiger partial charge in [0.2, 0.25) is 0 Å². The summed E-state index contributed by atoms with van der Waals surface area (Å²) in [6.07, 6.45) is 7.25. The Morgan fingerprint density at radius 2 is 2.27 bits per heavy atom. The van der Waals surface area contributed by atoms with Gasteiger partial charge < -0.3 is 10.3 Å². The maximum absolute atomic E-state index is 6.11. The van der Waals surface area contributed by atoms with E-state index in [1.807, 2.05) is 30.8 Å². The van der Waals surface area contributed by atoms with Gasteiger partial charge in [0.15, 0.2) is 0 Å². The molecule has 1 unspecified atom stereocenters. The van der Waals surface area contributed by atoms with Gasteiger partial charge in [0, 0.05) is 25.6 Å². The van der Waals surface area contributed by atoms with Crippen LogP contribution in [0.2, 0.25) is 0 Å². The van der Waals surface area contributed by atoms with Crippen molar-refractivity contribution in [3.8, 4) is 0 Å². The molecule has 0 aliphatic carbocycles. The van der Waals surface area contributed by atoms with E-state index in [1.54, 1.807) is 18.7 Å². The topological polar surface area (TPSA) is 56.7 Å². The first kappa shape index (κ1) is 9.86. The van der Waals surface area contributed by atoms with Crippen LogP contribution in [0.5, 0.6) is 0 Å². The van der Waals surface area contributed by atoms with E-state index in [9.17, 15) is 0 Å². The van der Waals surface area contributed by atoms with Gasteiger partial charge in [-0.3, -0.25) is 4.98 Å². The van der Waals surface area contributed by atoms with Crippen molar-refractivity contribution < 1.29 is 0 Å². The average Bonchev–Trinajstić information content (AvgIpc) is 2.65. The Morgan fingerprint density at radius 3 is 2.87 bits per heavy atom. The van der Waals surface area contributed by atoms with Crippen LogP contribution in [-0.4, -0.2) is 14.5 Å². The number of hydrogen-bond acceptors (Lipinski definition) is 3. The molecule has 78 valence electrons. The molecule has 0 amide bonds. The van der Waals surface area contributed by atoms with E-state index >= 15 is 0 Å². The lowest BCUT2D eigenvalue weighted by Crippen LogP contribution is -2.13. The van der Waals surface area contributed by atoms with Crippen LogP contribution in [0.4, 0.5) is 0 Å². The van der Waals surface area contributed by atoms with Gasteiger partial charge in [-0.25, -0.2) is 4.98 Å². The minimum Gasteiger partial charge on any atom is -0.340 e. The van der Waals surface area contributed by atoms with Crippen LogP contribution in [0, 0.1) is 6.92 Å². The molecule has 4 nitrogen and oxygen atoms in total. The van der Waals surface area contributed by atoms with Crippen LogP contribution in [-0.2, 0) is 7.05 Å². The molecule has 0 bridgehead atoms. The lowest BCUT2D eigenvalue weighted by atomic mass is 10.0. The predicted octanol–water partition coefficient (Wildman–Crippen LogP) is 1.17. The lowest BCUT2D eigenvalue weighted by molar-refractivity contribution is 0.820. The molecule has 0 saturated carbocycles. The fraction of sp³-hybridized carbons (Fsp3) is 0.273. The fourth-order valence-electron chi connectivity index (χ4n) is 1.55. The smallest absolute Gasteiger partial charge is 0.0947 e. The third-order valence-electron chi connectivity index (χ3n) is 2.46. The molecule has 2 N–H and O–H groups in total. The third-order valence-corrected chi connectivity index (χ3v) is 2.46. The van der Waals surface area contributed by atoms with Crippen LogP contribution in [0.3, 0.4) is 0 Å². The van der Waals surface area contributed by atoms with Gasteiger partial charge in [-0.15, -0.1) is 0 Å². The molecule has 0 aliphatic heterocycles. The minimum absolute atomic E-state index is 0.195. The Hall–Kier alpha value is -1.68. The van der Waals surface area contributed by atoms with Gasteiger partial charge >= 0.3 is 0 Å². The molecule has 0 saturated heterocycles. The summed E-state index contributed by atoms with van der Waals surface area (Å²) < 4.78 is 1.89. The highest BCUT2D eigenvalue weighted by molar-refractivity contribution is 5.30. The summed E-state index contributed by atoms with van der Waals surface area (Å²) >= 11 is 0. The summed E-state index contributed by atoms with van der Waals surface area (Å²) in [7, 11) is 1.93. The Morgan fingerprint density at radius 1 is 1.47 bits per heavy atom. The molecule has 4 heteroatoms. The van der Waals surface area contributed by atoms with E-state index in [-0.39, 0.29) is 6.04 Å². The van der Waals surface area contributed by atoms with Gasteiger partial charge in [-0.1, -0.05) is 0 Å². The highest BCUT2D eigenvalue weighted by Gasteiger charge is 2.13. The zero-order chi connectivity index (χ0) is 10.8. The molecular formula is C11H14N4. The summed E-state index contributed by atoms with van der Waals surface area (Å²) in [5.74, 6) is 0. The van der Waals surface area contributed by atoms with Gasteiger partial charge in [-0.05, 0) is 24.1 Å². The first-order valence-electron chi connectivity index (χ1n) is 4.82. The number of aromatic nitrogens is 3. The largest absolute Gasteiger partial charge is 0.340 e. The quantitative estimate of drug-likeness (QED) is 0.795. The summed E-state index contributed by atoms with van der Waals surface area (Å²) in [5.41, 5.74) is 9.15. The maximum atomic E-state index is 6.11. The van der Waals surface area contributed by atoms with Crippen molar-refractivity contribution in [2.45, 2.75) is 13.0 Å². The van der Waals surface area contributed by atoms with Crippen molar-refractivity contribution in [3.63, 3.8) is 0 Å². The number of hydrogen-bond donors (Lipinski definition) is 1. The summed E-state index contributed by atoms with van der Waals surface area (Å²) in [5, 5.41) is 0. The summed E-state index contributed by atoms with van der Waals surface area (Å²) in [6.45, 7) is 2.03. The van der Waals surface area contributed by atoms with E-state index in [0.717, 1.165) is 16.8 Å². The standard InChI is InChI=1S/C11H14N4/c1-8-3-4-13-5-9(8)11(12)10-6-15(2)7-14-10/h3-7,11H,12H2,1-2H3. The number of imidazole rings is 1. The van der Waals surface area contributed by atoms with Crippen LogP contribution >= 0.6 is 0 Å². The van der Waals surface area contributed by atoms with Gasteiger partial charge in [-0.2, -0.15) is 0 Å². The van der Waals surface area contributed by atoms with Gasteiger partial charge in [0.1, 0.15) is 0 Å². The van der Waals surface area contributed by atoms with E-state index in [0.29, 0.717) is 0 Å². The molecule has 0 radical (unpaired) electrons. The fourth-order valence-corrected chi connectivity index (χ4v) is 1.55. The Kier molecular flexibility index (Phi) is 2.51. The number of aryl methyl sites for hydroxylation is 2. The molecule has 15 heavy (non-hydrogen) atoms. The van der Waals surface area contributed by atoms with E-state index < -0.39 is 0 Å². The van der Waals surface area contributed by atoms with Crippen molar-refractivity contribution >= 4 is 0 Å². The van der Waals surface area contributed by atoms with Crippen molar-refractivity contribution in [1.82, 2.24) is 14.5 Å². The van der Waals surface area contributed by atoms with Crippen molar-refractivity contribution in [2.24, 2.45) is 12.8 Å². The van der Waals surface area contributed by atoms with Crippen molar-refractivity contribution in [1.29, 1.82) is 0 Å². The normalized spacial score (nSPS) is 12.7. The van der Waals surface area contributed by atoms with Gasteiger partial charge in [0.05, 0.1) is 18.1 Å². The third kappa shape index (κ3) is 1.89. The van der Waals surface area contributed by atoms with Crippen LogP contribution < -0.4 is 5.73 Å². The molecule has 2 rings (SSSR count). The highest BCUT2D eigenvalue weighted by Crippen LogP contribution is 2.19. The second-order valence-electron chi connectivity index (χ2n) is 3.67. The molecule has 1 atom stereocenters. The number of pyridine rings is 1. The number of nitrogens with zero attached hydrogens (tertiary/aromatic N) is 3. The van der Waals surface area contributed by atoms with Crippen molar-refractivity contribution in [2.75, 3.05) is 0 Å². The molecular weight excluding hydrogens is 188 g/mol. The first-order valence-corrected chi connectivity index (χ1v) is 4.82. The number of nitrogens with two attached hydrogens (primary N) is 1. The minimum atomic E-state index is -0.195. The van der Waals surface area contributed by atoms with Crippen LogP contribution in [0.15, 0.2) is 31.0 Å². The summed E-state index contributed by atoms with van der Waals surface area (Å²) in [6, 6.07) is 1.76. The molecule has 0 aromatic carbocycles. The Bertz CT molecular complexity index is 461. The second kappa shape index (κ2) is 3.82. The van der Waals surface area contributed by atoms with Crippen molar-refractivity contribution in [3.05, 3.63) is 47.8 Å². The lowest BCUT2D eigenvalue weighted by Gasteiger charge is -2.11.